The summed E-state index contributed by atoms with van der Waals surface area (Å²) in [5, 5.41) is 33.3. The number of hydrogen-bond acceptors (Lipinski definition) is 5. The van der Waals surface area contributed by atoms with E-state index in [-0.39, 0.29) is 39.7 Å². The van der Waals surface area contributed by atoms with Gasteiger partial charge in [-0.25, -0.2) is 0 Å². The number of carbonyl (C=O) groups excluding carboxylic acids is 1. The first-order valence-electron chi connectivity index (χ1n) is 21.0. The summed E-state index contributed by atoms with van der Waals surface area (Å²) >= 11 is 0. The van der Waals surface area contributed by atoms with Crippen molar-refractivity contribution in [1.29, 1.82) is 0 Å². The third kappa shape index (κ3) is 6.82. The van der Waals surface area contributed by atoms with E-state index < -0.39 is 16.8 Å². The monoisotopic (exact) mass is 749 g/mol. The van der Waals surface area contributed by atoms with Crippen LogP contribution in [0.3, 0.4) is 0 Å². The lowest BCUT2D eigenvalue weighted by molar-refractivity contribution is -0.157. The Morgan fingerprint density at radius 2 is 1.18 bits per heavy atom. The lowest BCUT2D eigenvalue weighted by atomic mass is 9.49. The number of phenolic OH excluding ortho intramolecular Hbond substituents is 2. The third-order valence-electron chi connectivity index (χ3n) is 15.8. The lowest BCUT2D eigenvalue weighted by Crippen LogP contribution is -2.56. The fraction of sp³-hybridized carbons (Fsp3) is 0.583. The summed E-state index contributed by atoms with van der Waals surface area (Å²) in [7, 11) is 1.70. The minimum absolute atomic E-state index is 0.000530. The fourth-order valence-electron chi connectivity index (χ4n) is 12.6. The molecule has 5 aliphatic carbocycles. The molecule has 0 spiro atoms. The van der Waals surface area contributed by atoms with E-state index in [1.807, 2.05) is 25.1 Å². The van der Waals surface area contributed by atoms with Gasteiger partial charge in [0.2, 0.25) is 5.91 Å². The number of carboxylic acid groups (broad SMARTS) is 1. The molecule has 1 amide bonds. The Bertz CT molecular complexity index is 1900. The molecule has 0 bridgehead atoms. The maximum atomic E-state index is 14.0. The van der Waals surface area contributed by atoms with E-state index in [9.17, 15) is 24.9 Å². The summed E-state index contributed by atoms with van der Waals surface area (Å²) in [5.74, 6) is 1.47. The van der Waals surface area contributed by atoms with Gasteiger partial charge < -0.3 is 25.4 Å². The highest BCUT2D eigenvalue weighted by Gasteiger charge is 2.56. The van der Waals surface area contributed by atoms with Crippen molar-refractivity contribution in [1.82, 2.24) is 5.32 Å². The normalized spacial score (nSPS) is 31.9. The number of aryl methyl sites for hydroxylation is 2. The first-order chi connectivity index (χ1) is 26.2. The van der Waals surface area contributed by atoms with Crippen molar-refractivity contribution >= 4 is 11.9 Å². The van der Waals surface area contributed by atoms with Crippen LogP contribution in [0.1, 0.15) is 139 Å². The minimum atomic E-state index is -0.669. The zero-order chi connectivity index (χ0) is 39.2. The van der Waals surface area contributed by atoms with Crippen LogP contribution in [0.5, 0.6) is 17.2 Å². The van der Waals surface area contributed by atoms with E-state index in [4.69, 9.17) is 4.74 Å². The van der Waals surface area contributed by atoms with E-state index in [1.54, 1.807) is 19.2 Å². The van der Waals surface area contributed by atoms with Crippen molar-refractivity contribution in [2.24, 2.45) is 22.7 Å². The second-order valence-electron chi connectivity index (χ2n) is 18.8. The minimum Gasteiger partial charge on any atom is -0.508 e. The molecule has 296 valence electrons. The van der Waals surface area contributed by atoms with E-state index in [1.165, 1.54) is 47.1 Å². The fourth-order valence-corrected chi connectivity index (χ4v) is 12.6. The Morgan fingerprint density at radius 3 is 1.69 bits per heavy atom. The molecule has 3 saturated carbocycles. The van der Waals surface area contributed by atoms with Crippen LogP contribution in [0.15, 0.2) is 60.7 Å². The molecule has 0 heterocycles. The van der Waals surface area contributed by atoms with Crippen molar-refractivity contribution in [2.75, 3.05) is 13.7 Å². The highest BCUT2D eigenvalue weighted by Crippen LogP contribution is 2.59. The molecule has 8 rings (SSSR count). The molecule has 3 fully saturated rings. The zero-order valence-corrected chi connectivity index (χ0v) is 33.8. The number of ether oxygens (including phenoxy) is 1. The number of methoxy groups -OCH3 is 1. The van der Waals surface area contributed by atoms with Crippen LogP contribution in [0.2, 0.25) is 0 Å². The number of benzene rings is 3. The number of hydrogen-bond donors (Lipinski definition) is 4. The SMILES string of the molecule is COc1ccc(C2(CNC(=O)[C@@]3(C)CCC[C@]4(C)c5cc(O)ccc5CC[C@@H]34)CCCCC2)cc1.C[C@]1(C(=O)O)CCC[C@]2(C)c3cc(O)ccc3CC[C@@H]12. The first-order valence-corrected chi connectivity index (χ1v) is 21.0. The topological polar surface area (TPSA) is 116 Å². The van der Waals surface area contributed by atoms with Gasteiger partial charge in [0.15, 0.2) is 0 Å². The van der Waals surface area contributed by atoms with Gasteiger partial charge in [0.05, 0.1) is 17.9 Å². The molecule has 5 aliphatic rings. The van der Waals surface area contributed by atoms with Crippen LogP contribution in [0.4, 0.5) is 0 Å². The van der Waals surface area contributed by atoms with Crippen molar-refractivity contribution in [2.45, 2.75) is 140 Å². The standard InChI is InChI=1S/C31H41NO3.C17H22O3/c1-29-16-7-17-30(2,27(29)15-9-22-8-12-24(33)20-26(22)29)28(34)32-21-31(18-5-4-6-19-31)23-10-13-25(35-3)14-11-23;1-16-8-3-9-17(2,15(19)20)14(16)7-5-11-4-6-12(18)10-13(11)16/h8,10-14,20,27,33H,4-7,9,15-19,21H2,1-3H3,(H,32,34);4,6,10,14,18H,3,5,7-9H2,1-2H3,(H,19,20)/t27-,29-,30+;14-,16-,17+/m11/s1. The smallest absolute Gasteiger partial charge is 0.309 e. The molecule has 6 atom stereocenters. The second kappa shape index (κ2) is 14.8. The summed E-state index contributed by atoms with van der Waals surface area (Å²) in [6, 6.07) is 19.9. The van der Waals surface area contributed by atoms with Gasteiger partial charge in [-0.2, -0.15) is 0 Å². The van der Waals surface area contributed by atoms with Gasteiger partial charge in [-0.3, -0.25) is 9.59 Å². The molecule has 0 radical (unpaired) electrons. The summed E-state index contributed by atoms with van der Waals surface area (Å²) in [6.45, 7) is 9.34. The van der Waals surface area contributed by atoms with Crippen LogP contribution < -0.4 is 10.1 Å². The Hall–Kier alpha value is -4.00. The molecule has 0 aromatic heterocycles. The van der Waals surface area contributed by atoms with E-state index >= 15 is 0 Å². The van der Waals surface area contributed by atoms with Gasteiger partial charge in [0.1, 0.15) is 17.2 Å². The molecule has 3 aromatic carbocycles. The number of fused-ring (bicyclic) bond motifs is 6. The summed E-state index contributed by atoms with van der Waals surface area (Å²) in [6.07, 6.45) is 15.5. The van der Waals surface area contributed by atoms with Gasteiger partial charge in [0, 0.05) is 12.0 Å². The highest BCUT2D eigenvalue weighted by molar-refractivity contribution is 5.83. The Balaban J connectivity index is 0.000000197. The molecule has 0 unspecified atom stereocenters. The number of nitrogens with one attached hydrogen (secondary N) is 1. The Kier molecular flexibility index (Phi) is 10.6. The van der Waals surface area contributed by atoms with E-state index in [0.717, 1.165) is 82.8 Å². The van der Waals surface area contributed by atoms with E-state index in [2.05, 4.69) is 56.4 Å². The molecule has 3 aromatic rings. The van der Waals surface area contributed by atoms with Gasteiger partial charge in [0.25, 0.3) is 0 Å². The van der Waals surface area contributed by atoms with Crippen LogP contribution in [0, 0.1) is 22.7 Å². The lowest BCUT2D eigenvalue weighted by Gasteiger charge is -2.54. The van der Waals surface area contributed by atoms with E-state index in [0.29, 0.717) is 12.3 Å². The molecule has 0 aliphatic heterocycles. The molecule has 7 heteroatoms. The van der Waals surface area contributed by atoms with Crippen molar-refractivity contribution in [3.8, 4) is 17.2 Å². The number of carbonyl (C=O) groups is 2. The van der Waals surface area contributed by atoms with Crippen molar-refractivity contribution in [3.63, 3.8) is 0 Å². The van der Waals surface area contributed by atoms with Crippen molar-refractivity contribution in [3.05, 3.63) is 88.5 Å². The summed E-state index contributed by atoms with van der Waals surface area (Å²) < 4.78 is 5.39. The summed E-state index contributed by atoms with van der Waals surface area (Å²) in [5.41, 5.74) is 5.12. The first kappa shape index (κ1) is 39.2. The number of phenols is 2. The molecule has 55 heavy (non-hydrogen) atoms. The molecule has 7 nitrogen and oxygen atoms in total. The number of carboxylic acids is 1. The number of aliphatic carboxylic acids is 1. The average Bonchev–Trinajstić information content (AvgIpc) is 3.18. The molecule has 0 saturated heterocycles. The predicted octanol–water partition coefficient (Wildman–Crippen LogP) is 9.92. The van der Waals surface area contributed by atoms with Gasteiger partial charge in [-0.15, -0.1) is 0 Å². The predicted molar refractivity (Wildman–Crippen MR) is 217 cm³/mol. The maximum absolute atomic E-state index is 14.0. The van der Waals surface area contributed by atoms with Crippen LogP contribution in [0.25, 0.3) is 0 Å². The number of aromatic hydroxyl groups is 2. The molecule has 4 N–H and O–H groups in total. The quantitative estimate of drug-likeness (QED) is 0.200. The van der Waals surface area contributed by atoms with Gasteiger partial charge in [-0.05, 0) is 158 Å². The van der Waals surface area contributed by atoms with Crippen LogP contribution in [-0.2, 0) is 38.7 Å². The zero-order valence-electron chi connectivity index (χ0n) is 33.8. The molecular weight excluding hydrogens is 687 g/mol. The van der Waals surface area contributed by atoms with Gasteiger partial charge >= 0.3 is 5.97 Å². The molecular formula is C48H63NO6. The third-order valence-corrected chi connectivity index (χ3v) is 15.8. The highest BCUT2D eigenvalue weighted by atomic mass is 16.5. The van der Waals surface area contributed by atoms with Crippen LogP contribution >= 0.6 is 0 Å². The Morgan fingerprint density at radius 1 is 0.673 bits per heavy atom. The van der Waals surface area contributed by atoms with Crippen molar-refractivity contribution < 1.29 is 29.6 Å². The second-order valence-corrected chi connectivity index (χ2v) is 18.8. The largest absolute Gasteiger partial charge is 0.508 e. The number of amides is 1. The maximum Gasteiger partial charge on any atom is 0.309 e. The average molecular weight is 750 g/mol. The Labute approximate surface area is 328 Å². The van der Waals surface area contributed by atoms with Gasteiger partial charge in [-0.1, -0.05) is 77.1 Å². The summed E-state index contributed by atoms with van der Waals surface area (Å²) in [4.78, 5) is 25.8. The number of rotatable bonds is 6. The van der Waals surface area contributed by atoms with Crippen LogP contribution in [-0.4, -0.2) is 40.9 Å².